The molecule has 0 bridgehead atoms. The van der Waals surface area contributed by atoms with Crippen molar-refractivity contribution in [1.82, 2.24) is 0 Å². The van der Waals surface area contributed by atoms with Gasteiger partial charge in [0.2, 0.25) is 0 Å². The fourth-order valence-corrected chi connectivity index (χ4v) is 1.83. The van der Waals surface area contributed by atoms with Crippen molar-refractivity contribution in [2.75, 3.05) is 0 Å². The van der Waals surface area contributed by atoms with Crippen LogP contribution >= 0.6 is 0 Å². The second kappa shape index (κ2) is 3.53. The van der Waals surface area contributed by atoms with Gasteiger partial charge >= 0.3 is 0 Å². The lowest BCUT2D eigenvalue weighted by molar-refractivity contribution is -0.0649. The largest absolute Gasteiger partial charge is 0.376 e. The van der Waals surface area contributed by atoms with Crippen LogP contribution in [0, 0.1) is 5.92 Å². The Hall–Kier alpha value is -0.110. The molecule has 2 heteroatoms. The third-order valence-corrected chi connectivity index (χ3v) is 2.38. The van der Waals surface area contributed by atoms with Gasteiger partial charge in [0.25, 0.3) is 0 Å². The van der Waals surface area contributed by atoms with Crippen LogP contribution in [0.15, 0.2) is 0 Å². The van der Waals surface area contributed by atoms with Crippen molar-refractivity contribution >= 4 is 0 Å². The molecule has 0 aromatic heterocycles. The highest BCUT2D eigenvalue weighted by Gasteiger charge is 2.27. The first-order valence-electron chi connectivity index (χ1n) is 4.39. The van der Waals surface area contributed by atoms with Crippen LogP contribution in [0.25, 0.3) is 0 Å². The lowest BCUT2D eigenvalue weighted by Gasteiger charge is -2.32. The molecule has 3 atom stereocenters. The molecule has 1 aliphatic heterocycles. The second-order valence-corrected chi connectivity index (χ2v) is 3.67. The van der Waals surface area contributed by atoms with E-state index in [0.717, 1.165) is 12.8 Å². The molecule has 1 fully saturated rings. The second-order valence-electron chi connectivity index (χ2n) is 3.67. The van der Waals surface area contributed by atoms with Gasteiger partial charge in [-0.25, -0.2) is 4.39 Å². The van der Waals surface area contributed by atoms with Crippen molar-refractivity contribution in [3.8, 4) is 0 Å². The van der Waals surface area contributed by atoms with Crippen molar-refractivity contribution in [3.05, 3.63) is 0 Å². The zero-order valence-corrected chi connectivity index (χ0v) is 7.51. The van der Waals surface area contributed by atoms with E-state index >= 15 is 0 Å². The SMILES string of the molecule is CC1CC(C(C)F)CC(C)O1. The molecule has 1 rings (SSSR count). The first-order valence-corrected chi connectivity index (χ1v) is 4.39. The number of hydrogen-bond donors (Lipinski definition) is 0. The molecule has 0 radical (unpaired) electrons. The summed E-state index contributed by atoms with van der Waals surface area (Å²) >= 11 is 0. The third kappa shape index (κ3) is 2.44. The molecule has 1 nitrogen and oxygen atoms in total. The predicted octanol–water partition coefficient (Wildman–Crippen LogP) is 2.55. The zero-order chi connectivity index (χ0) is 8.43. The summed E-state index contributed by atoms with van der Waals surface area (Å²) in [4.78, 5) is 0. The van der Waals surface area contributed by atoms with Gasteiger partial charge < -0.3 is 4.74 Å². The molecule has 0 N–H and O–H groups in total. The van der Waals surface area contributed by atoms with Gasteiger partial charge in [0.05, 0.1) is 12.2 Å². The van der Waals surface area contributed by atoms with Crippen molar-refractivity contribution in [3.63, 3.8) is 0 Å². The van der Waals surface area contributed by atoms with E-state index in [1.807, 2.05) is 13.8 Å². The molecule has 0 saturated carbocycles. The quantitative estimate of drug-likeness (QED) is 0.572. The third-order valence-electron chi connectivity index (χ3n) is 2.38. The molecular weight excluding hydrogens is 143 g/mol. The van der Waals surface area contributed by atoms with E-state index in [4.69, 9.17) is 4.74 Å². The maximum atomic E-state index is 12.9. The topological polar surface area (TPSA) is 9.23 Å². The van der Waals surface area contributed by atoms with E-state index in [0.29, 0.717) is 0 Å². The maximum absolute atomic E-state index is 12.9. The number of hydrogen-bond acceptors (Lipinski definition) is 1. The van der Waals surface area contributed by atoms with Gasteiger partial charge in [0.15, 0.2) is 0 Å². The molecule has 0 aliphatic carbocycles. The lowest BCUT2D eigenvalue weighted by atomic mass is 9.89. The minimum absolute atomic E-state index is 0.216. The summed E-state index contributed by atoms with van der Waals surface area (Å²) in [7, 11) is 0. The van der Waals surface area contributed by atoms with Crippen LogP contribution in [-0.2, 0) is 4.74 Å². The van der Waals surface area contributed by atoms with Gasteiger partial charge in [-0.2, -0.15) is 0 Å². The average molecular weight is 160 g/mol. The average Bonchev–Trinajstić information content (AvgIpc) is 1.85. The predicted molar refractivity (Wildman–Crippen MR) is 43.3 cm³/mol. The Morgan fingerprint density at radius 3 is 2.09 bits per heavy atom. The molecule has 1 aliphatic rings. The van der Waals surface area contributed by atoms with Gasteiger partial charge in [-0.15, -0.1) is 0 Å². The first kappa shape index (κ1) is 8.98. The van der Waals surface area contributed by atoms with Crippen LogP contribution in [-0.4, -0.2) is 18.4 Å². The van der Waals surface area contributed by atoms with E-state index in [1.54, 1.807) is 6.92 Å². The fourth-order valence-electron chi connectivity index (χ4n) is 1.83. The molecule has 0 spiro atoms. The van der Waals surface area contributed by atoms with E-state index < -0.39 is 6.17 Å². The van der Waals surface area contributed by atoms with Crippen molar-refractivity contribution in [1.29, 1.82) is 0 Å². The minimum Gasteiger partial charge on any atom is -0.376 e. The number of ether oxygens (including phenoxy) is 1. The summed E-state index contributed by atoms with van der Waals surface area (Å²) in [6.07, 6.45) is 1.55. The van der Waals surface area contributed by atoms with Crippen LogP contribution in [0.2, 0.25) is 0 Å². The van der Waals surface area contributed by atoms with Crippen molar-refractivity contribution < 1.29 is 9.13 Å². The van der Waals surface area contributed by atoms with Crippen LogP contribution in [0.1, 0.15) is 33.6 Å². The minimum atomic E-state index is -0.677. The Bertz CT molecular complexity index is 115. The van der Waals surface area contributed by atoms with E-state index in [1.165, 1.54) is 0 Å². The molecule has 66 valence electrons. The molecular formula is C9H17FO. The highest BCUT2D eigenvalue weighted by molar-refractivity contribution is 4.76. The Morgan fingerprint density at radius 1 is 1.27 bits per heavy atom. The van der Waals surface area contributed by atoms with Crippen LogP contribution in [0.3, 0.4) is 0 Å². The monoisotopic (exact) mass is 160 g/mol. The first-order chi connectivity index (χ1) is 5.09. The molecule has 1 saturated heterocycles. The van der Waals surface area contributed by atoms with Gasteiger partial charge in [-0.1, -0.05) is 0 Å². The molecule has 0 aromatic carbocycles. The van der Waals surface area contributed by atoms with Gasteiger partial charge in [0, 0.05) is 0 Å². The standard InChI is InChI=1S/C9H17FO/c1-6-4-9(8(3)10)5-7(2)11-6/h6-9H,4-5H2,1-3H3. The highest BCUT2D eigenvalue weighted by atomic mass is 19.1. The summed E-state index contributed by atoms with van der Waals surface area (Å²) in [6, 6.07) is 0. The summed E-state index contributed by atoms with van der Waals surface area (Å²) in [5, 5.41) is 0. The number of halogens is 1. The van der Waals surface area contributed by atoms with Crippen molar-refractivity contribution in [2.24, 2.45) is 5.92 Å². The van der Waals surface area contributed by atoms with E-state index in [2.05, 4.69) is 0 Å². The Labute approximate surface area is 67.9 Å². The fraction of sp³-hybridized carbons (Fsp3) is 1.00. The lowest BCUT2D eigenvalue weighted by Crippen LogP contribution is -2.32. The summed E-state index contributed by atoms with van der Waals surface area (Å²) in [5.74, 6) is 0.216. The molecule has 1 heterocycles. The Kier molecular flexibility index (Phi) is 2.88. The van der Waals surface area contributed by atoms with Gasteiger partial charge in [-0.05, 0) is 39.5 Å². The maximum Gasteiger partial charge on any atom is 0.100 e. The van der Waals surface area contributed by atoms with E-state index in [-0.39, 0.29) is 18.1 Å². The zero-order valence-electron chi connectivity index (χ0n) is 7.51. The molecule has 3 unspecified atom stereocenters. The van der Waals surface area contributed by atoms with Crippen LogP contribution < -0.4 is 0 Å². The summed E-state index contributed by atoms with van der Waals surface area (Å²) < 4.78 is 18.4. The van der Waals surface area contributed by atoms with Crippen LogP contribution in [0.4, 0.5) is 4.39 Å². The normalized spacial score (nSPS) is 42.0. The summed E-state index contributed by atoms with van der Waals surface area (Å²) in [6.45, 7) is 5.69. The van der Waals surface area contributed by atoms with E-state index in [9.17, 15) is 4.39 Å². The number of rotatable bonds is 1. The molecule has 0 amide bonds. The molecule has 11 heavy (non-hydrogen) atoms. The Balaban J connectivity index is 2.43. The highest BCUT2D eigenvalue weighted by Crippen LogP contribution is 2.28. The smallest absolute Gasteiger partial charge is 0.100 e. The van der Waals surface area contributed by atoms with Gasteiger partial charge in [-0.3, -0.25) is 0 Å². The van der Waals surface area contributed by atoms with Gasteiger partial charge in [0.1, 0.15) is 6.17 Å². The van der Waals surface area contributed by atoms with Crippen molar-refractivity contribution in [2.45, 2.75) is 52.0 Å². The van der Waals surface area contributed by atoms with Crippen LogP contribution in [0.5, 0.6) is 0 Å². The Morgan fingerprint density at radius 2 is 1.73 bits per heavy atom. The molecule has 0 aromatic rings. The summed E-state index contributed by atoms with van der Waals surface area (Å²) in [5.41, 5.74) is 0. The number of alkyl halides is 1.